The van der Waals surface area contributed by atoms with Gasteiger partial charge in [0.1, 0.15) is 11.0 Å². The van der Waals surface area contributed by atoms with Gasteiger partial charge in [0.15, 0.2) is 5.13 Å². The molecule has 3 aromatic carbocycles. The number of benzene rings is 3. The van der Waals surface area contributed by atoms with Gasteiger partial charge >= 0.3 is 5.97 Å². The van der Waals surface area contributed by atoms with Crippen LogP contribution >= 0.6 is 23.1 Å². The molecule has 10 heteroatoms. The molecule has 3 atom stereocenters. The molecule has 1 aliphatic carbocycles. The van der Waals surface area contributed by atoms with E-state index in [0.29, 0.717) is 30.3 Å². The van der Waals surface area contributed by atoms with Crippen molar-refractivity contribution in [3.63, 3.8) is 0 Å². The molecule has 8 nitrogen and oxygen atoms in total. The van der Waals surface area contributed by atoms with Gasteiger partial charge in [-0.25, -0.2) is 4.98 Å². The van der Waals surface area contributed by atoms with Crippen LogP contribution in [0.25, 0.3) is 11.3 Å². The van der Waals surface area contributed by atoms with Crippen molar-refractivity contribution in [1.29, 1.82) is 0 Å². The van der Waals surface area contributed by atoms with E-state index in [2.05, 4.69) is 15.6 Å². The number of anilines is 2. The van der Waals surface area contributed by atoms with Crippen LogP contribution in [0.2, 0.25) is 0 Å². The second-order valence-corrected chi connectivity index (χ2v) is 11.9. The second-order valence-electron chi connectivity index (χ2n) is 9.90. The Balaban J connectivity index is 1.30. The number of hydrogen-bond donors (Lipinski definition) is 3. The van der Waals surface area contributed by atoms with Gasteiger partial charge in [-0.3, -0.25) is 14.4 Å². The second kappa shape index (κ2) is 14.2. The molecule has 0 fully saturated rings. The quantitative estimate of drug-likeness (QED) is 0.120. The minimum Gasteiger partial charge on any atom is -0.494 e. The lowest BCUT2D eigenvalue weighted by molar-refractivity contribution is -0.146. The van der Waals surface area contributed by atoms with Crippen LogP contribution in [-0.2, 0) is 14.4 Å². The van der Waals surface area contributed by atoms with Crippen molar-refractivity contribution in [2.24, 2.45) is 11.8 Å². The lowest BCUT2D eigenvalue weighted by atomic mass is 9.82. The van der Waals surface area contributed by atoms with E-state index >= 15 is 0 Å². The van der Waals surface area contributed by atoms with Gasteiger partial charge < -0.3 is 20.5 Å². The maximum Gasteiger partial charge on any atom is 0.307 e. The van der Waals surface area contributed by atoms with E-state index in [1.807, 2.05) is 79.0 Å². The summed E-state index contributed by atoms with van der Waals surface area (Å²) in [6.45, 7) is 2.53. The molecule has 2 amide bonds. The number of ether oxygens (including phenoxy) is 1. The van der Waals surface area contributed by atoms with Crippen molar-refractivity contribution in [3.05, 3.63) is 102 Å². The van der Waals surface area contributed by atoms with E-state index in [0.717, 1.165) is 27.5 Å². The Kier molecular flexibility index (Phi) is 9.91. The monoisotopic (exact) mass is 613 g/mol. The topological polar surface area (TPSA) is 118 Å². The Labute approximate surface area is 258 Å². The van der Waals surface area contributed by atoms with Crippen LogP contribution in [0.5, 0.6) is 5.75 Å². The molecule has 1 heterocycles. The van der Waals surface area contributed by atoms with Gasteiger partial charge in [-0.15, -0.1) is 23.1 Å². The van der Waals surface area contributed by atoms with E-state index in [1.165, 1.54) is 23.1 Å². The summed E-state index contributed by atoms with van der Waals surface area (Å²) in [6.07, 6.45) is 4.37. The van der Waals surface area contributed by atoms with Crippen molar-refractivity contribution in [1.82, 2.24) is 4.98 Å². The zero-order chi connectivity index (χ0) is 30.2. The van der Waals surface area contributed by atoms with Crippen LogP contribution < -0.4 is 15.4 Å². The number of carboxylic acids is 1. The van der Waals surface area contributed by atoms with Crippen molar-refractivity contribution in [3.8, 4) is 17.0 Å². The molecule has 0 saturated heterocycles. The van der Waals surface area contributed by atoms with Crippen molar-refractivity contribution in [2.45, 2.75) is 29.9 Å². The van der Waals surface area contributed by atoms with Gasteiger partial charge in [-0.1, -0.05) is 48.6 Å². The van der Waals surface area contributed by atoms with E-state index in [9.17, 15) is 19.5 Å². The highest BCUT2D eigenvalue weighted by Gasteiger charge is 2.34. The summed E-state index contributed by atoms with van der Waals surface area (Å²) in [5.41, 5.74) is 3.04. The number of nitrogens with zero attached hydrogens (tertiary/aromatic N) is 1. The minimum atomic E-state index is -0.975. The number of allylic oxidation sites excluding steroid dienone is 2. The molecule has 0 spiro atoms. The summed E-state index contributed by atoms with van der Waals surface area (Å²) in [7, 11) is 0. The first-order valence-corrected chi connectivity index (χ1v) is 15.7. The molecule has 1 aliphatic rings. The predicted molar refractivity (Wildman–Crippen MR) is 170 cm³/mol. The third-order valence-corrected chi connectivity index (χ3v) is 8.98. The smallest absolute Gasteiger partial charge is 0.307 e. The number of rotatable bonds is 11. The molecule has 0 radical (unpaired) electrons. The SMILES string of the molecule is CCOc1ccc(-c2csc(NC(=O)C(Sc3cccc(NC(=O)C4CC=CCC4C(=O)O)c3)c3ccccc3)n2)cc1. The molecular formula is C33H31N3O5S2. The Bertz CT molecular complexity index is 1600. The maximum absolute atomic E-state index is 13.6. The van der Waals surface area contributed by atoms with E-state index < -0.39 is 23.1 Å². The number of hydrogen-bond acceptors (Lipinski definition) is 7. The molecule has 3 N–H and O–H groups in total. The maximum atomic E-state index is 13.6. The molecule has 1 aromatic heterocycles. The Morgan fingerprint density at radius 1 is 0.977 bits per heavy atom. The first-order chi connectivity index (χ1) is 20.9. The first kappa shape index (κ1) is 30.1. The summed E-state index contributed by atoms with van der Waals surface area (Å²) in [6, 6.07) is 24.4. The molecule has 4 aromatic rings. The fraction of sp³-hybridized carbons (Fsp3) is 0.212. The molecule has 220 valence electrons. The van der Waals surface area contributed by atoms with Gasteiger partial charge in [-0.05, 0) is 67.8 Å². The number of carbonyl (C=O) groups is 3. The number of nitrogens with one attached hydrogen (secondary N) is 2. The number of amides is 2. The van der Waals surface area contributed by atoms with E-state index in [1.54, 1.807) is 24.3 Å². The highest BCUT2D eigenvalue weighted by molar-refractivity contribution is 8.00. The number of aliphatic carboxylic acids is 1. The van der Waals surface area contributed by atoms with Gasteiger partial charge in [0.2, 0.25) is 11.8 Å². The number of thioether (sulfide) groups is 1. The van der Waals surface area contributed by atoms with E-state index in [-0.39, 0.29) is 11.8 Å². The summed E-state index contributed by atoms with van der Waals surface area (Å²) in [5, 5.41) is 17.2. The van der Waals surface area contributed by atoms with Gasteiger partial charge in [-0.2, -0.15) is 0 Å². The number of aromatic nitrogens is 1. The Hall–Kier alpha value is -4.41. The lowest BCUT2D eigenvalue weighted by Crippen LogP contribution is -2.34. The van der Waals surface area contributed by atoms with Gasteiger partial charge in [0, 0.05) is 21.5 Å². The van der Waals surface area contributed by atoms with Gasteiger partial charge in [0.25, 0.3) is 0 Å². The van der Waals surface area contributed by atoms with Crippen molar-refractivity contribution in [2.75, 3.05) is 17.2 Å². The van der Waals surface area contributed by atoms with Crippen LogP contribution in [0.1, 0.15) is 30.6 Å². The minimum absolute atomic E-state index is 0.225. The first-order valence-electron chi connectivity index (χ1n) is 13.9. The zero-order valence-corrected chi connectivity index (χ0v) is 25.1. The third kappa shape index (κ3) is 7.71. The standard InChI is InChI=1S/C33H31N3O5S2/c1-2-41-24-17-15-21(16-18-24)28-20-42-33(35-28)36-31(38)29(22-9-4-3-5-10-22)43-25-12-8-11-23(19-25)34-30(37)26-13-6-7-14-27(26)32(39)40/h3-12,15-20,26-27,29H,2,13-14H2,1H3,(H,34,37)(H,39,40)(H,35,36,38). The molecule has 5 rings (SSSR count). The number of thiazole rings is 1. The Morgan fingerprint density at radius 3 is 2.44 bits per heavy atom. The summed E-state index contributed by atoms with van der Waals surface area (Å²) >= 11 is 2.71. The van der Waals surface area contributed by atoms with Crippen LogP contribution in [0.15, 0.2) is 101 Å². The normalized spacial score (nSPS) is 16.7. The van der Waals surface area contributed by atoms with Crippen molar-refractivity contribution < 1.29 is 24.2 Å². The summed E-state index contributed by atoms with van der Waals surface area (Å²) < 4.78 is 5.52. The lowest BCUT2D eigenvalue weighted by Gasteiger charge is -2.24. The van der Waals surface area contributed by atoms with Crippen LogP contribution in [0, 0.1) is 11.8 Å². The molecule has 0 aliphatic heterocycles. The number of carboxylic acid groups (broad SMARTS) is 1. The fourth-order valence-electron chi connectivity index (χ4n) is 4.82. The largest absolute Gasteiger partial charge is 0.494 e. The Morgan fingerprint density at radius 2 is 1.72 bits per heavy atom. The number of carbonyl (C=O) groups excluding carboxylic acids is 2. The van der Waals surface area contributed by atoms with Gasteiger partial charge in [0.05, 0.1) is 24.1 Å². The average Bonchev–Trinajstić information content (AvgIpc) is 3.49. The molecule has 0 saturated carbocycles. The molecule has 0 bridgehead atoms. The predicted octanol–water partition coefficient (Wildman–Crippen LogP) is 7.29. The van der Waals surface area contributed by atoms with Crippen LogP contribution in [-0.4, -0.2) is 34.5 Å². The molecule has 43 heavy (non-hydrogen) atoms. The van der Waals surface area contributed by atoms with E-state index in [4.69, 9.17) is 4.74 Å². The molecule has 3 unspecified atom stereocenters. The third-order valence-electron chi connectivity index (χ3n) is 6.98. The highest BCUT2D eigenvalue weighted by Crippen LogP contribution is 2.38. The zero-order valence-electron chi connectivity index (χ0n) is 23.4. The molecular weight excluding hydrogens is 583 g/mol. The van der Waals surface area contributed by atoms with Crippen molar-refractivity contribution >= 4 is 51.7 Å². The fourth-order valence-corrected chi connectivity index (χ4v) is 6.63. The van der Waals surface area contributed by atoms with Crippen LogP contribution in [0.4, 0.5) is 10.8 Å². The highest BCUT2D eigenvalue weighted by atomic mass is 32.2. The summed E-state index contributed by atoms with van der Waals surface area (Å²) in [5.74, 6) is -2.14. The summed E-state index contributed by atoms with van der Waals surface area (Å²) in [4.78, 5) is 43.7. The van der Waals surface area contributed by atoms with Crippen LogP contribution in [0.3, 0.4) is 0 Å². The average molecular weight is 614 g/mol.